The van der Waals surface area contributed by atoms with E-state index >= 15 is 0 Å². The van der Waals surface area contributed by atoms with E-state index in [1.807, 2.05) is 212 Å². The Morgan fingerprint density at radius 1 is 0.250 bits per heavy atom. The van der Waals surface area contributed by atoms with E-state index in [4.69, 9.17) is 19.7 Å². The molecule has 4 N–H and O–H groups in total. The van der Waals surface area contributed by atoms with E-state index in [2.05, 4.69) is 192 Å². The van der Waals surface area contributed by atoms with Gasteiger partial charge in [-0.15, -0.1) is 11.8 Å². The summed E-state index contributed by atoms with van der Waals surface area (Å²) >= 11 is 1.71. The molecule has 19 nitrogen and oxygen atoms in total. The first-order valence-corrected chi connectivity index (χ1v) is 37.9. The second-order valence-corrected chi connectivity index (χ2v) is 26.6. The van der Waals surface area contributed by atoms with Crippen LogP contribution in [0.25, 0.3) is 0 Å². The predicted octanol–water partition coefficient (Wildman–Crippen LogP) is 18.7. The molecule has 0 saturated heterocycles. The summed E-state index contributed by atoms with van der Waals surface area (Å²) in [5.74, 6) is 9.64. The van der Waals surface area contributed by atoms with Gasteiger partial charge in [-0.25, -0.2) is 24.9 Å². The normalized spacial score (nSPS) is 10.6. The number of nitrogens with zero attached hydrogens (tertiary/aromatic N) is 14. The van der Waals surface area contributed by atoms with Gasteiger partial charge in [0.1, 0.15) is 58.2 Å². The van der Waals surface area contributed by atoms with E-state index in [-0.39, 0.29) is 0 Å². The van der Waals surface area contributed by atoms with Crippen LogP contribution in [0, 0.1) is 0 Å². The summed E-state index contributed by atoms with van der Waals surface area (Å²) in [7, 11) is 1.65. The maximum atomic E-state index is 5.30. The van der Waals surface area contributed by atoms with Gasteiger partial charge in [0.25, 0.3) is 0 Å². The molecule has 6 aromatic heterocycles. The van der Waals surface area contributed by atoms with E-state index < -0.39 is 0 Å². The number of nitrogens with one attached hydrogen (secondary N) is 4. The first-order chi connectivity index (χ1) is 55.3. The van der Waals surface area contributed by atoms with Crippen LogP contribution in [0.15, 0.2) is 345 Å². The first kappa shape index (κ1) is 76.1. The Hall–Kier alpha value is -14.1. The second kappa shape index (κ2) is 40.7. The Morgan fingerprint density at radius 2 is 0.527 bits per heavy atom. The molecule has 0 amide bonds. The number of hydrogen-bond acceptors (Lipinski definition) is 20. The van der Waals surface area contributed by atoms with Crippen molar-refractivity contribution in [2.75, 3.05) is 34.6 Å². The maximum Gasteiger partial charge on any atom is 0.231 e. The molecule has 16 aromatic rings. The quantitative estimate of drug-likeness (QED) is 0.0369. The number of benzene rings is 10. The minimum Gasteiger partial charge on any atom is -0.497 e. The molecule has 0 fully saturated rings. The largest absolute Gasteiger partial charge is 0.497 e. The van der Waals surface area contributed by atoms with Gasteiger partial charge in [0.05, 0.1) is 7.11 Å². The minimum absolute atomic E-state index is 0.514. The number of ether oxygens (including phenoxy) is 1. The molecule has 0 saturated carbocycles. The van der Waals surface area contributed by atoms with Crippen molar-refractivity contribution in [1.82, 2.24) is 69.8 Å². The molecule has 0 aliphatic rings. The fourth-order valence-corrected chi connectivity index (χ4v) is 12.2. The molecular formula is C92H82N18OS. The fourth-order valence-electron chi connectivity index (χ4n) is 11.7. The Kier molecular flexibility index (Phi) is 27.7. The van der Waals surface area contributed by atoms with Gasteiger partial charge in [-0.2, -0.15) is 39.9 Å². The van der Waals surface area contributed by atoms with Crippen molar-refractivity contribution in [1.29, 1.82) is 0 Å². The number of hydrogen-bond donors (Lipinski definition) is 4. The van der Waals surface area contributed by atoms with Gasteiger partial charge in [0, 0.05) is 98.0 Å². The van der Waals surface area contributed by atoms with Gasteiger partial charge in [0.15, 0.2) is 0 Å². The van der Waals surface area contributed by atoms with Gasteiger partial charge >= 0.3 is 0 Å². The molecule has 552 valence electrons. The summed E-state index contributed by atoms with van der Waals surface area (Å²) in [5.41, 5.74) is 12.1. The zero-order valence-electron chi connectivity index (χ0n) is 62.1. The second-order valence-electron chi connectivity index (χ2n) is 25.7. The van der Waals surface area contributed by atoms with Crippen LogP contribution in [0.5, 0.6) is 5.75 Å². The van der Waals surface area contributed by atoms with E-state index in [0.717, 1.165) is 91.7 Å². The summed E-state index contributed by atoms with van der Waals surface area (Å²) in [6.07, 6.45) is 12.6. The van der Waals surface area contributed by atoms with E-state index in [9.17, 15) is 0 Å². The number of anilines is 8. The molecular weight excluding hydrogens is 1410 g/mol. The van der Waals surface area contributed by atoms with Crippen molar-refractivity contribution >= 4 is 58.4 Å². The van der Waals surface area contributed by atoms with Gasteiger partial charge in [0.2, 0.25) is 23.8 Å². The van der Waals surface area contributed by atoms with Crippen molar-refractivity contribution < 1.29 is 4.74 Å². The van der Waals surface area contributed by atoms with Crippen molar-refractivity contribution in [2.45, 2.75) is 56.3 Å². The topological polar surface area (TPSA) is 238 Å². The van der Waals surface area contributed by atoms with E-state index in [1.165, 1.54) is 27.1 Å². The van der Waals surface area contributed by atoms with Crippen LogP contribution in [0.3, 0.4) is 0 Å². The summed E-state index contributed by atoms with van der Waals surface area (Å²) in [6.45, 7) is 0. The first-order valence-electron chi connectivity index (χ1n) is 36.7. The van der Waals surface area contributed by atoms with Gasteiger partial charge in [-0.3, -0.25) is 4.98 Å². The van der Waals surface area contributed by atoms with Crippen LogP contribution in [-0.2, 0) is 51.4 Å². The summed E-state index contributed by atoms with van der Waals surface area (Å²) in [6, 6.07) is 107. The van der Waals surface area contributed by atoms with Crippen molar-refractivity contribution in [3.8, 4) is 5.75 Å². The highest BCUT2D eigenvalue weighted by molar-refractivity contribution is 7.98. The molecule has 0 aliphatic heterocycles. The predicted molar refractivity (Wildman–Crippen MR) is 446 cm³/mol. The number of aromatic nitrogens is 14. The molecule has 0 spiro atoms. The average Bonchev–Trinajstić information content (AvgIpc) is 0.858. The van der Waals surface area contributed by atoms with Crippen molar-refractivity contribution in [3.05, 3.63) is 431 Å². The van der Waals surface area contributed by atoms with Crippen LogP contribution in [-0.4, -0.2) is 83.1 Å². The Bertz CT molecular complexity index is 4740. The lowest BCUT2D eigenvalue weighted by molar-refractivity contribution is 0.415. The van der Waals surface area contributed by atoms with Gasteiger partial charge in [-0.05, 0) is 105 Å². The Balaban J connectivity index is 0.000000131. The minimum atomic E-state index is 0.514. The molecule has 10 aromatic carbocycles. The fraction of sp³-hybridized carbons (Fsp3) is 0.109. The molecule has 0 unspecified atom stereocenters. The molecule has 20 heteroatoms. The third-order valence-electron chi connectivity index (χ3n) is 17.0. The summed E-state index contributed by atoms with van der Waals surface area (Å²) < 4.78 is 5.30. The van der Waals surface area contributed by atoms with Crippen molar-refractivity contribution in [3.63, 3.8) is 0 Å². The smallest absolute Gasteiger partial charge is 0.231 e. The molecule has 0 atom stereocenters. The maximum absolute atomic E-state index is 5.30. The molecule has 112 heavy (non-hydrogen) atoms. The highest BCUT2D eigenvalue weighted by Gasteiger charge is 2.15. The van der Waals surface area contributed by atoms with Gasteiger partial charge in [-0.1, -0.05) is 261 Å². The molecule has 16 rings (SSSR count). The van der Waals surface area contributed by atoms with Crippen LogP contribution in [0.2, 0.25) is 0 Å². The Labute approximate surface area is 656 Å². The number of methoxy groups -OCH3 is 1. The summed E-state index contributed by atoms with van der Waals surface area (Å²) in [4.78, 5) is 65.4. The van der Waals surface area contributed by atoms with Crippen molar-refractivity contribution in [2.24, 2.45) is 0 Å². The van der Waals surface area contributed by atoms with E-state index in [1.54, 1.807) is 37.5 Å². The Morgan fingerprint density at radius 3 is 0.812 bits per heavy atom. The highest BCUT2D eigenvalue weighted by Crippen LogP contribution is 2.25. The SMILES string of the molecule is COc1cccc(Nc2nc(Cc3ccccc3)nc(Cc3ccccc3)n2)c1.CSc1cccc(Nc2nc(Cc3ccccc3)nc(Cc3ccccc3)n2)c1.c1ccc(Cc2nc(Cc3ccccc3)nc(Nc3ccccn3)n2)cc1.c1ccc(Cc2nc(Cc3ccccc3)nc(Nc3ccncc3)n2)cc1. The zero-order chi connectivity index (χ0) is 76.4. The average molecular weight is 1490 g/mol. The third kappa shape index (κ3) is 25.0. The van der Waals surface area contributed by atoms with Crippen LogP contribution in [0.1, 0.15) is 91.1 Å². The molecule has 6 heterocycles. The van der Waals surface area contributed by atoms with Gasteiger partial charge < -0.3 is 26.0 Å². The third-order valence-corrected chi connectivity index (χ3v) is 17.8. The van der Waals surface area contributed by atoms with Crippen LogP contribution in [0.4, 0.5) is 46.7 Å². The molecule has 0 aliphatic carbocycles. The van der Waals surface area contributed by atoms with Crippen LogP contribution >= 0.6 is 11.8 Å². The van der Waals surface area contributed by atoms with Crippen LogP contribution < -0.4 is 26.0 Å². The zero-order valence-corrected chi connectivity index (χ0v) is 62.9. The molecule has 0 bridgehead atoms. The monoisotopic (exact) mass is 1490 g/mol. The lowest BCUT2D eigenvalue weighted by Gasteiger charge is -2.10. The highest BCUT2D eigenvalue weighted by atomic mass is 32.2. The lowest BCUT2D eigenvalue weighted by atomic mass is 10.1. The number of pyridine rings is 2. The number of rotatable bonds is 26. The standard InChI is InChI=1S/C24H22N4O.C24H22N4S.2C22H19N5/c2*1-29-21-14-8-13-20(17-21)25-24-27-22(15-18-9-4-2-5-10-18)26-23(28-24)16-19-11-6-3-7-12-19;1-3-9-17(10-4-1)15-20-24-21(16-18-11-5-2-6-12-18)27-22(26-20)25-19-13-7-8-14-23-19;1-3-7-17(8-4-1)15-20-25-21(16-18-9-5-2-6-10-18)27-22(26-20)24-19-11-13-23-14-12-19/h2*2-14,17H,15-16H2,1H3,(H,25,26,27,28);2*1-14H,15-16H2,(H,23,24,25,26,27). The lowest BCUT2D eigenvalue weighted by Crippen LogP contribution is -2.09. The summed E-state index contributed by atoms with van der Waals surface area (Å²) in [5, 5.41) is 13.1. The number of thioether (sulfide) groups is 1. The molecule has 0 radical (unpaired) electrons. The van der Waals surface area contributed by atoms with E-state index in [0.29, 0.717) is 81.0 Å².